The summed E-state index contributed by atoms with van der Waals surface area (Å²) >= 11 is 2.76. The van der Waals surface area contributed by atoms with E-state index in [2.05, 4.69) is 47.7 Å². The van der Waals surface area contributed by atoms with E-state index in [1.807, 2.05) is 60.7 Å². The number of pyridine rings is 1. The molecule has 3 amide bonds. The van der Waals surface area contributed by atoms with E-state index >= 15 is 0 Å². The number of thiazole rings is 2. The van der Waals surface area contributed by atoms with Gasteiger partial charge in [0.2, 0.25) is 11.8 Å². The number of aromatic amines is 2. The Kier molecular flexibility index (Phi) is 9.10. The van der Waals surface area contributed by atoms with E-state index in [0.29, 0.717) is 21.4 Å². The number of amides is 3. The van der Waals surface area contributed by atoms with Gasteiger partial charge in [0.05, 0.1) is 27.0 Å². The number of H-pyrrole nitrogens is 2. The fraction of sp³-hybridized carbons (Fsp3) is 0.0833. The zero-order chi connectivity index (χ0) is 34.2. The van der Waals surface area contributed by atoms with Gasteiger partial charge < -0.3 is 26.3 Å². The van der Waals surface area contributed by atoms with Gasteiger partial charge in [-0.05, 0) is 59.7 Å². The van der Waals surface area contributed by atoms with E-state index in [1.165, 1.54) is 36.5 Å². The van der Waals surface area contributed by atoms with Gasteiger partial charge in [-0.3, -0.25) is 14.4 Å². The summed E-state index contributed by atoms with van der Waals surface area (Å²) < 4.78 is 1.01. The highest BCUT2D eigenvalue weighted by molar-refractivity contribution is 7.22. The highest BCUT2D eigenvalue weighted by atomic mass is 32.1. The van der Waals surface area contributed by atoms with Crippen molar-refractivity contribution in [3.05, 3.63) is 90.3 Å². The van der Waals surface area contributed by atoms with E-state index < -0.39 is 5.91 Å². The molecule has 0 aliphatic carbocycles. The van der Waals surface area contributed by atoms with Crippen molar-refractivity contribution >= 4 is 93.0 Å². The molecule has 5 heterocycles. The number of aromatic nitrogens is 5. The fourth-order valence-corrected chi connectivity index (χ4v) is 7.20. The maximum Gasteiger partial charge on any atom is 0.250 e. The molecular formula is C36H29N9O3S2. The Morgan fingerprint density at radius 1 is 0.740 bits per heavy atom. The van der Waals surface area contributed by atoms with Crippen molar-refractivity contribution in [2.45, 2.75) is 21.3 Å². The highest BCUT2D eigenvalue weighted by Crippen LogP contribution is 2.33. The fourth-order valence-electron chi connectivity index (χ4n) is 5.37. The van der Waals surface area contributed by atoms with Crippen LogP contribution in [0.5, 0.6) is 0 Å². The molecule has 0 fully saturated rings. The van der Waals surface area contributed by atoms with Crippen molar-refractivity contribution < 1.29 is 14.4 Å². The summed E-state index contributed by atoms with van der Waals surface area (Å²) in [5.74, 6) is -0.776. The number of anilines is 2. The minimum Gasteiger partial charge on any atom is -0.366 e. The molecule has 8 aromatic rings. The Hall–Kier alpha value is -6.43. The van der Waals surface area contributed by atoms with Crippen molar-refractivity contribution in [2.75, 3.05) is 10.6 Å². The molecule has 0 aliphatic rings. The second kappa shape index (κ2) is 13.6. The first-order chi connectivity index (χ1) is 23.6. The maximum absolute atomic E-state index is 11.5. The third-order valence-electron chi connectivity index (χ3n) is 7.59. The first-order valence-corrected chi connectivity index (χ1v) is 16.4. The SMILES string of the molecule is C.CC(=O)Nc1nc2ccc(-c3ccc4[nH]cc(C#N)c4c3)cc2s1.CC(=O)Nc1nc2ccc(-c3ccc4[nH]cc(C(N)=O)c4c3)nc2s1. The number of nitrogens with zero attached hydrogens (tertiary/aromatic N) is 4. The van der Waals surface area contributed by atoms with Gasteiger partial charge >= 0.3 is 0 Å². The lowest BCUT2D eigenvalue weighted by atomic mass is 10.0. The van der Waals surface area contributed by atoms with E-state index in [9.17, 15) is 19.6 Å². The van der Waals surface area contributed by atoms with E-state index in [1.54, 1.807) is 12.4 Å². The normalized spacial score (nSPS) is 10.7. The van der Waals surface area contributed by atoms with Gasteiger partial charge in [0.25, 0.3) is 5.91 Å². The zero-order valence-corrected chi connectivity index (χ0v) is 27.5. The average molecular weight is 700 g/mol. The summed E-state index contributed by atoms with van der Waals surface area (Å²) in [6.45, 7) is 2.91. The Morgan fingerprint density at radius 2 is 1.34 bits per heavy atom. The van der Waals surface area contributed by atoms with Crippen LogP contribution in [0.25, 0.3) is 64.8 Å². The molecule has 0 aliphatic heterocycles. The minimum atomic E-state index is -0.478. The quantitative estimate of drug-likeness (QED) is 0.121. The van der Waals surface area contributed by atoms with Gasteiger partial charge in [0.1, 0.15) is 16.4 Å². The van der Waals surface area contributed by atoms with Crippen molar-refractivity contribution in [3.8, 4) is 28.5 Å². The molecule has 0 unspecified atom stereocenters. The summed E-state index contributed by atoms with van der Waals surface area (Å²) in [6.07, 6.45) is 3.33. The summed E-state index contributed by atoms with van der Waals surface area (Å²) in [4.78, 5) is 54.1. The lowest BCUT2D eigenvalue weighted by Gasteiger charge is -2.02. The van der Waals surface area contributed by atoms with Crippen LogP contribution < -0.4 is 16.4 Å². The molecule has 8 rings (SSSR count). The molecule has 0 saturated heterocycles. The van der Waals surface area contributed by atoms with Crippen LogP contribution in [0.1, 0.15) is 37.2 Å². The third kappa shape index (κ3) is 6.63. The largest absolute Gasteiger partial charge is 0.366 e. The number of fused-ring (bicyclic) bond motifs is 4. The second-order valence-electron chi connectivity index (χ2n) is 11.0. The van der Waals surface area contributed by atoms with Crippen LogP contribution in [0.3, 0.4) is 0 Å². The van der Waals surface area contributed by atoms with E-state index in [4.69, 9.17) is 5.73 Å². The van der Waals surface area contributed by atoms with Gasteiger partial charge in [0, 0.05) is 53.6 Å². The molecule has 248 valence electrons. The number of carbonyl (C=O) groups is 3. The maximum atomic E-state index is 11.5. The molecule has 0 radical (unpaired) electrons. The van der Waals surface area contributed by atoms with Gasteiger partial charge in [-0.15, -0.1) is 0 Å². The highest BCUT2D eigenvalue weighted by Gasteiger charge is 2.13. The van der Waals surface area contributed by atoms with Gasteiger partial charge in [-0.25, -0.2) is 15.0 Å². The minimum absolute atomic E-state index is 0. The lowest BCUT2D eigenvalue weighted by molar-refractivity contribution is -0.115. The van der Waals surface area contributed by atoms with Gasteiger partial charge in [-0.1, -0.05) is 48.3 Å². The Bertz CT molecular complexity index is 2640. The van der Waals surface area contributed by atoms with Crippen molar-refractivity contribution in [1.82, 2.24) is 24.9 Å². The molecule has 50 heavy (non-hydrogen) atoms. The molecule has 0 saturated carbocycles. The topological polar surface area (TPSA) is 195 Å². The van der Waals surface area contributed by atoms with Crippen LogP contribution in [0.15, 0.2) is 79.1 Å². The van der Waals surface area contributed by atoms with Crippen LogP contribution in [-0.2, 0) is 9.59 Å². The first kappa shape index (κ1) is 33.5. The molecule has 14 heteroatoms. The Morgan fingerprint density at radius 3 is 2.06 bits per heavy atom. The molecule has 0 spiro atoms. The smallest absolute Gasteiger partial charge is 0.250 e. The number of hydrogen-bond donors (Lipinski definition) is 5. The standard InChI is InChI=1S/C18H12N4OS.C17H13N5O2S.CH4/c1-10(23)21-18-22-16-5-3-12(7-17(16)24-18)11-2-4-15-14(6-11)13(8-19)9-20-15;1-8(23)20-17-22-14-5-4-12(21-16(14)25-17)9-2-3-13-10(6-9)11(7-19-13)15(18)24;/h2-7,9,20H,1H3,(H,21,22,23);2-7,19H,1H3,(H2,18,24)(H,20,22,23);1H4. The average Bonchev–Trinajstić information content (AvgIpc) is 3.86. The molecule has 5 aromatic heterocycles. The summed E-state index contributed by atoms with van der Waals surface area (Å²) in [5, 5.41) is 17.4. The number of hydrogen-bond acceptors (Lipinski definition) is 9. The van der Waals surface area contributed by atoms with Crippen molar-refractivity contribution in [1.29, 1.82) is 5.26 Å². The predicted molar refractivity (Wildman–Crippen MR) is 200 cm³/mol. The molecule has 6 N–H and O–H groups in total. The lowest BCUT2D eigenvalue weighted by Crippen LogP contribution is -2.09. The van der Waals surface area contributed by atoms with Crippen LogP contribution in [-0.4, -0.2) is 42.6 Å². The number of rotatable bonds is 5. The summed E-state index contributed by atoms with van der Waals surface area (Å²) in [7, 11) is 0. The predicted octanol–water partition coefficient (Wildman–Crippen LogP) is 7.81. The van der Waals surface area contributed by atoms with Crippen LogP contribution in [0, 0.1) is 11.3 Å². The number of nitrogens with one attached hydrogen (secondary N) is 4. The zero-order valence-electron chi connectivity index (χ0n) is 25.9. The molecule has 3 aromatic carbocycles. The van der Waals surface area contributed by atoms with Gasteiger partial charge in [-0.2, -0.15) is 5.26 Å². The number of nitrogens with two attached hydrogens (primary N) is 1. The third-order valence-corrected chi connectivity index (χ3v) is 9.40. The van der Waals surface area contributed by atoms with Crippen molar-refractivity contribution in [2.24, 2.45) is 5.73 Å². The monoisotopic (exact) mass is 699 g/mol. The first-order valence-electron chi connectivity index (χ1n) is 14.8. The molecule has 0 bridgehead atoms. The van der Waals surface area contributed by atoms with E-state index in [0.717, 1.165) is 64.8 Å². The van der Waals surface area contributed by atoms with Crippen LogP contribution in [0.2, 0.25) is 0 Å². The van der Waals surface area contributed by atoms with Crippen LogP contribution >= 0.6 is 22.7 Å². The second-order valence-corrected chi connectivity index (χ2v) is 13.0. The molecular weight excluding hydrogens is 671 g/mol. The number of nitriles is 1. The summed E-state index contributed by atoms with van der Waals surface area (Å²) in [5.41, 5.74) is 13.6. The van der Waals surface area contributed by atoms with E-state index in [-0.39, 0.29) is 19.2 Å². The number of carbonyl (C=O) groups excluding carboxylic acids is 3. The van der Waals surface area contributed by atoms with Gasteiger partial charge in [0.15, 0.2) is 10.3 Å². The van der Waals surface area contributed by atoms with Crippen molar-refractivity contribution in [3.63, 3.8) is 0 Å². The van der Waals surface area contributed by atoms with Crippen LogP contribution in [0.4, 0.5) is 10.3 Å². The summed E-state index contributed by atoms with van der Waals surface area (Å²) in [6, 6.07) is 23.6. The molecule has 0 atom stereocenters. The number of benzene rings is 3. The number of primary amides is 1. The Labute approximate surface area is 293 Å². The molecule has 12 nitrogen and oxygen atoms in total. The Balaban J connectivity index is 0.000000170.